The standard InChI is InChI=1S/C17H16N4O2/c18-16-15(19-8-9-20-16)17(22)21-10-11-23-14-7-3-5-12-4-1-2-6-13(12)14/h1-9H,10-11H2,(H2,18,20)(H,21,22). The topological polar surface area (TPSA) is 90.1 Å². The number of carbonyl (C=O) groups is 1. The second kappa shape index (κ2) is 6.74. The van der Waals surface area contributed by atoms with Crippen molar-refractivity contribution in [1.82, 2.24) is 15.3 Å². The molecule has 0 unspecified atom stereocenters. The SMILES string of the molecule is Nc1nccnc1C(=O)NCCOc1cccc2ccccc12. The second-order valence-electron chi connectivity index (χ2n) is 4.87. The van der Waals surface area contributed by atoms with Gasteiger partial charge >= 0.3 is 0 Å². The lowest BCUT2D eigenvalue weighted by Gasteiger charge is -2.10. The quantitative estimate of drug-likeness (QED) is 0.704. The Labute approximate surface area is 133 Å². The van der Waals surface area contributed by atoms with E-state index in [2.05, 4.69) is 15.3 Å². The summed E-state index contributed by atoms with van der Waals surface area (Å²) >= 11 is 0. The molecule has 3 rings (SSSR count). The lowest BCUT2D eigenvalue weighted by Crippen LogP contribution is -2.29. The van der Waals surface area contributed by atoms with E-state index in [1.807, 2.05) is 42.5 Å². The molecule has 1 aromatic heterocycles. The lowest BCUT2D eigenvalue weighted by molar-refractivity contribution is 0.0943. The van der Waals surface area contributed by atoms with Crippen LogP contribution in [0.5, 0.6) is 5.75 Å². The highest BCUT2D eigenvalue weighted by Gasteiger charge is 2.11. The average Bonchev–Trinajstić information content (AvgIpc) is 2.59. The third kappa shape index (κ3) is 3.37. The lowest BCUT2D eigenvalue weighted by atomic mass is 10.1. The van der Waals surface area contributed by atoms with Gasteiger partial charge in [-0.05, 0) is 11.5 Å². The van der Waals surface area contributed by atoms with E-state index in [0.29, 0.717) is 13.2 Å². The van der Waals surface area contributed by atoms with Crippen molar-refractivity contribution < 1.29 is 9.53 Å². The first kappa shape index (κ1) is 14.8. The number of benzene rings is 2. The fourth-order valence-electron chi connectivity index (χ4n) is 2.25. The number of anilines is 1. The van der Waals surface area contributed by atoms with Crippen LogP contribution in [0, 0.1) is 0 Å². The van der Waals surface area contributed by atoms with Crippen molar-refractivity contribution in [1.29, 1.82) is 0 Å². The Balaban J connectivity index is 1.57. The van der Waals surface area contributed by atoms with E-state index in [4.69, 9.17) is 10.5 Å². The molecule has 0 fully saturated rings. The molecular formula is C17H16N4O2. The fraction of sp³-hybridized carbons (Fsp3) is 0.118. The Morgan fingerprint density at radius 3 is 2.74 bits per heavy atom. The number of aromatic nitrogens is 2. The van der Waals surface area contributed by atoms with Gasteiger partial charge < -0.3 is 15.8 Å². The smallest absolute Gasteiger partial charge is 0.273 e. The van der Waals surface area contributed by atoms with Crippen LogP contribution >= 0.6 is 0 Å². The van der Waals surface area contributed by atoms with Crippen LogP contribution in [0.4, 0.5) is 5.82 Å². The molecule has 6 heteroatoms. The molecule has 0 aliphatic heterocycles. The Morgan fingerprint density at radius 2 is 1.87 bits per heavy atom. The maximum atomic E-state index is 11.9. The zero-order valence-electron chi connectivity index (χ0n) is 12.4. The second-order valence-corrected chi connectivity index (χ2v) is 4.87. The van der Waals surface area contributed by atoms with Gasteiger partial charge in [-0.2, -0.15) is 0 Å². The molecule has 2 aromatic carbocycles. The first-order valence-electron chi connectivity index (χ1n) is 7.21. The van der Waals surface area contributed by atoms with Crippen molar-refractivity contribution in [3.8, 4) is 5.75 Å². The van der Waals surface area contributed by atoms with E-state index in [1.54, 1.807) is 0 Å². The van der Waals surface area contributed by atoms with Gasteiger partial charge in [-0.3, -0.25) is 4.79 Å². The molecular weight excluding hydrogens is 292 g/mol. The summed E-state index contributed by atoms with van der Waals surface area (Å²) in [6, 6.07) is 13.9. The molecule has 0 aliphatic rings. The molecule has 1 heterocycles. The van der Waals surface area contributed by atoms with Gasteiger partial charge in [0.15, 0.2) is 11.5 Å². The van der Waals surface area contributed by atoms with E-state index in [9.17, 15) is 4.79 Å². The van der Waals surface area contributed by atoms with Crippen LogP contribution in [0.1, 0.15) is 10.5 Å². The van der Waals surface area contributed by atoms with Crippen LogP contribution in [0.15, 0.2) is 54.9 Å². The minimum Gasteiger partial charge on any atom is -0.491 e. The van der Waals surface area contributed by atoms with Gasteiger partial charge in [0.2, 0.25) is 0 Å². The number of nitrogens with one attached hydrogen (secondary N) is 1. The van der Waals surface area contributed by atoms with Gasteiger partial charge in [0, 0.05) is 17.8 Å². The van der Waals surface area contributed by atoms with Gasteiger partial charge in [0.1, 0.15) is 12.4 Å². The summed E-state index contributed by atoms with van der Waals surface area (Å²) in [5.74, 6) is 0.536. The van der Waals surface area contributed by atoms with Crippen LogP contribution in [0.2, 0.25) is 0 Å². The van der Waals surface area contributed by atoms with Crippen LogP contribution in [-0.4, -0.2) is 29.0 Å². The fourth-order valence-corrected chi connectivity index (χ4v) is 2.25. The molecule has 6 nitrogen and oxygen atoms in total. The van der Waals surface area contributed by atoms with Crippen LogP contribution in [0.25, 0.3) is 10.8 Å². The summed E-state index contributed by atoms with van der Waals surface area (Å²) in [4.78, 5) is 19.7. The monoisotopic (exact) mass is 308 g/mol. The number of nitrogens with zero attached hydrogens (tertiary/aromatic N) is 2. The first-order valence-corrected chi connectivity index (χ1v) is 7.21. The molecule has 0 spiro atoms. The van der Waals surface area contributed by atoms with E-state index >= 15 is 0 Å². The molecule has 23 heavy (non-hydrogen) atoms. The zero-order chi connectivity index (χ0) is 16.1. The summed E-state index contributed by atoms with van der Waals surface area (Å²) in [6.45, 7) is 0.692. The summed E-state index contributed by atoms with van der Waals surface area (Å²) in [7, 11) is 0. The summed E-state index contributed by atoms with van der Waals surface area (Å²) in [5.41, 5.74) is 5.74. The number of amides is 1. The maximum Gasteiger partial charge on any atom is 0.273 e. The van der Waals surface area contributed by atoms with Crippen LogP contribution in [0.3, 0.4) is 0 Å². The van der Waals surface area contributed by atoms with Crippen molar-refractivity contribution in [2.24, 2.45) is 0 Å². The van der Waals surface area contributed by atoms with E-state index in [-0.39, 0.29) is 17.4 Å². The number of rotatable bonds is 5. The number of hydrogen-bond acceptors (Lipinski definition) is 5. The molecule has 0 saturated carbocycles. The summed E-state index contributed by atoms with van der Waals surface area (Å²) in [6.07, 6.45) is 2.87. The van der Waals surface area contributed by atoms with Gasteiger partial charge in [-0.25, -0.2) is 9.97 Å². The van der Waals surface area contributed by atoms with Gasteiger partial charge in [0.25, 0.3) is 5.91 Å². The summed E-state index contributed by atoms with van der Waals surface area (Å²) in [5, 5.41) is 4.87. The highest BCUT2D eigenvalue weighted by molar-refractivity contribution is 5.96. The normalized spacial score (nSPS) is 10.4. The van der Waals surface area contributed by atoms with Crippen molar-refractivity contribution in [2.45, 2.75) is 0 Å². The molecule has 3 aromatic rings. The number of carbonyl (C=O) groups excluding carboxylic acids is 1. The number of ether oxygens (including phenoxy) is 1. The maximum absolute atomic E-state index is 11.9. The van der Waals surface area contributed by atoms with Crippen molar-refractivity contribution in [3.05, 3.63) is 60.6 Å². The molecule has 0 saturated heterocycles. The summed E-state index contributed by atoms with van der Waals surface area (Å²) < 4.78 is 5.75. The third-order valence-corrected chi connectivity index (χ3v) is 3.34. The largest absolute Gasteiger partial charge is 0.491 e. The molecule has 1 amide bonds. The molecule has 0 atom stereocenters. The van der Waals surface area contributed by atoms with E-state index < -0.39 is 0 Å². The predicted molar refractivity (Wildman–Crippen MR) is 88.2 cm³/mol. The number of nitrogen functional groups attached to an aromatic ring is 1. The number of nitrogens with two attached hydrogens (primary N) is 1. The highest BCUT2D eigenvalue weighted by atomic mass is 16.5. The van der Waals surface area contributed by atoms with Gasteiger partial charge in [-0.1, -0.05) is 36.4 Å². The van der Waals surface area contributed by atoms with Crippen molar-refractivity contribution in [3.63, 3.8) is 0 Å². The predicted octanol–water partition coefficient (Wildman–Crippen LogP) is 2.02. The Morgan fingerprint density at radius 1 is 1.09 bits per heavy atom. The van der Waals surface area contributed by atoms with E-state index in [0.717, 1.165) is 16.5 Å². The minimum absolute atomic E-state index is 0.111. The van der Waals surface area contributed by atoms with Crippen molar-refractivity contribution in [2.75, 3.05) is 18.9 Å². The molecule has 0 radical (unpaired) electrons. The Bertz CT molecular complexity index is 830. The molecule has 0 aliphatic carbocycles. The Kier molecular flexibility index (Phi) is 4.33. The van der Waals surface area contributed by atoms with Crippen LogP contribution in [-0.2, 0) is 0 Å². The number of fused-ring (bicyclic) bond motifs is 1. The number of hydrogen-bond donors (Lipinski definition) is 2. The third-order valence-electron chi connectivity index (χ3n) is 3.34. The average molecular weight is 308 g/mol. The van der Waals surface area contributed by atoms with Gasteiger partial charge in [-0.15, -0.1) is 0 Å². The molecule has 0 bridgehead atoms. The zero-order valence-corrected chi connectivity index (χ0v) is 12.4. The van der Waals surface area contributed by atoms with Crippen molar-refractivity contribution >= 4 is 22.5 Å². The van der Waals surface area contributed by atoms with Gasteiger partial charge in [0.05, 0.1) is 6.54 Å². The van der Waals surface area contributed by atoms with E-state index in [1.165, 1.54) is 12.4 Å². The molecule has 116 valence electrons. The highest BCUT2D eigenvalue weighted by Crippen LogP contribution is 2.24. The first-order chi connectivity index (χ1) is 11.3. The molecule has 3 N–H and O–H groups in total. The van der Waals surface area contributed by atoms with Crippen LogP contribution < -0.4 is 15.8 Å². The Hall–Kier alpha value is -3.15. The minimum atomic E-state index is -0.364.